The fourth-order valence-electron chi connectivity index (χ4n) is 2.94. The van der Waals surface area contributed by atoms with Crippen LogP contribution in [0, 0.1) is 11.6 Å². The van der Waals surface area contributed by atoms with Gasteiger partial charge in [0.15, 0.2) is 10.8 Å². The number of amides is 1. The number of rotatable bonds is 5. The number of hydrogen-bond donors (Lipinski definition) is 1. The Hall–Kier alpha value is -3.31. The van der Waals surface area contributed by atoms with Crippen LogP contribution in [0.1, 0.15) is 21.6 Å². The van der Waals surface area contributed by atoms with E-state index in [2.05, 4.69) is 15.4 Å². The summed E-state index contributed by atoms with van der Waals surface area (Å²) in [7, 11) is 0. The maximum absolute atomic E-state index is 13.9. The summed E-state index contributed by atoms with van der Waals surface area (Å²) in [5.41, 5.74) is -0.150. The molecule has 1 amide bonds. The second-order valence-electron chi connectivity index (χ2n) is 6.83. The summed E-state index contributed by atoms with van der Waals surface area (Å²) >= 11 is 6.64. The van der Waals surface area contributed by atoms with Gasteiger partial charge < -0.3 is 0 Å². The van der Waals surface area contributed by atoms with E-state index in [-0.39, 0.29) is 28.5 Å². The van der Waals surface area contributed by atoms with Gasteiger partial charge in [0.05, 0.1) is 17.3 Å². The fourth-order valence-corrected chi connectivity index (χ4v) is 3.90. The number of thiazole rings is 1. The molecule has 0 spiro atoms. The second kappa shape index (κ2) is 8.91. The van der Waals surface area contributed by atoms with Crippen LogP contribution in [-0.4, -0.2) is 20.7 Å². The quantitative estimate of drug-likeness (QED) is 0.330. The molecule has 4 rings (SSSR count). The first kappa shape index (κ1) is 22.9. The van der Waals surface area contributed by atoms with Gasteiger partial charge in [-0.15, -0.1) is 11.3 Å². The van der Waals surface area contributed by atoms with Gasteiger partial charge in [-0.3, -0.25) is 14.8 Å². The number of nitrogens with zero attached hydrogens (tertiary/aromatic N) is 3. The van der Waals surface area contributed by atoms with Crippen LogP contribution in [0.3, 0.4) is 0 Å². The number of anilines is 1. The molecule has 2 heterocycles. The smallest absolute Gasteiger partial charge is 0.298 e. The Labute approximate surface area is 192 Å². The Morgan fingerprint density at radius 3 is 2.52 bits per heavy atom. The summed E-state index contributed by atoms with van der Waals surface area (Å²) in [6.45, 7) is 0.0206. The highest BCUT2D eigenvalue weighted by Crippen LogP contribution is 2.33. The zero-order valence-electron chi connectivity index (χ0n) is 16.3. The average molecular weight is 499 g/mol. The van der Waals surface area contributed by atoms with Crippen molar-refractivity contribution < 1.29 is 26.7 Å². The van der Waals surface area contributed by atoms with E-state index in [4.69, 9.17) is 11.6 Å². The molecule has 0 aliphatic rings. The van der Waals surface area contributed by atoms with E-state index in [1.807, 2.05) is 0 Å². The third-order valence-electron chi connectivity index (χ3n) is 4.48. The van der Waals surface area contributed by atoms with Crippen LogP contribution in [0.2, 0.25) is 5.02 Å². The largest absolute Gasteiger partial charge is 0.436 e. The molecule has 4 aromatic rings. The lowest BCUT2D eigenvalue weighted by Gasteiger charge is -2.05. The molecule has 2 aromatic heterocycles. The minimum Gasteiger partial charge on any atom is -0.298 e. The minimum atomic E-state index is -4.65. The zero-order valence-corrected chi connectivity index (χ0v) is 17.9. The molecule has 170 valence electrons. The predicted molar refractivity (Wildman–Crippen MR) is 113 cm³/mol. The topological polar surface area (TPSA) is 59.8 Å². The number of alkyl halides is 3. The first-order valence-corrected chi connectivity index (χ1v) is 10.5. The Balaban J connectivity index is 1.43. The predicted octanol–water partition coefficient (Wildman–Crippen LogP) is 6.26. The lowest BCUT2D eigenvalue weighted by molar-refractivity contribution is -0.141. The molecule has 0 saturated heterocycles. The SMILES string of the molecule is O=C(Nc1nc(-c2cc(F)ccc2F)cs1)c1ccc(Cn2cc(Cl)c(C(F)(F)F)n2)cc1. The van der Waals surface area contributed by atoms with Gasteiger partial charge in [-0.1, -0.05) is 23.7 Å². The van der Waals surface area contributed by atoms with Crippen molar-refractivity contribution in [2.45, 2.75) is 12.7 Å². The molecule has 0 bridgehead atoms. The molecule has 12 heteroatoms. The first-order chi connectivity index (χ1) is 15.6. The van der Waals surface area contributed by atoms with Crippen molar-refractivity contribution in [3.8, 4) is 11.3 Å². The second-order valence-corrected chi connectivity index (χ2v) is 8.10. The number of halogens is 6. The molecule has 0 saturated carbocycles. The highest BCUT2D eigenvalue weighted by molar-refractivity contribution is 7.14. The van der Waals surface area contributed by atoms with Crippen LogP contribution < -0.4 is 5.32 Å². The van der Waals surface area contributed by atoms with Crippen molar-refractivity contribution in [1.29, 1.82) is 0 Å². The number of carbonyl (C=O) groups is 1. The van der Waals surface area contributed by atoms with Gasteiger partial charge in [0, 0.05) is 22.7 Å². The van der Waals surface area contributed by atoms with E-state index in [9.17, 15) is 26.7 Å². The first-order valence-electron chi connectivity index (χ1n) is 9.21. The number of aromatic nitrogens is 3. The Kier molecular flexibility index (Phi) is 6.17. The molecule has 0 aliphatic heterocycles. The van der Waals surface area contributed by atoms with Crippen LogP contribution in [-0.2, 0) is 12.7 Å². The maximum Gasteiger partial charge on any atom is 0.436 e. The number of carbonyl (C=O) groups excluding carboxylic acids is 1. The van der Waals surface area contributed by atoms with E-state index >= 15 is 0 Å². The van der Waals surface area contributed by atoms with Crippen molar-refractivity contribution >= 4 is 34.0 Å². The monoisotopic (exact) mass is 498 g/mol. The molecule has 0 fully saturated rings. The van der Waals surface area contributed by atoms with Crippen LogP contribution in [0.25, 0.3) is 11.3 Å². The molecular weight excluding hydrogens is 487 g/mol. The summed E-state index contributed by atoms with van der Waals surface area (Å²) in [4.78, 5) is 16.6. The summed E-state index contributed by atoms with van der Waals surface area (Å²) in [5.74, 6) is -1.75. The Morgan fingerprint density at radius 1 is 1.12 bits per heavy atom. The Morgan fingerprint density at radius 2 is 1.85 bits per heavy atom. The summed E-state index contributed by atoms with van der Waals surface area (Å²) in [5, 5.41) is 7.20. The molecule has 0 radical (unpaired) electrons. The van der Waals surface area contributed by atoms with Gasteiger partial charge in [-0.2, -0.15) is 18.3 Å². The lowest BCUT2D eigenvalue weighted by atomic mass is 10.1. The number of hydrogen-bond acceptors (Lipinski definition) is 4. The van der Waals surface area contributed by atoms with E-state index in [0.29, 0.717) is 5.56 Å². The van der Waals surface area contributed by atoms with Crippen LogP contribution in [0.4, 0.5) is 27.1 Å². The van der Waals surface area contributed by atoms with Gasteiger partial charge in [0.25, 0.3) is 5.91 Å². The third kappa shape index (κ3) is 5.20. The van der Waals surface area contributed by atoms with Gasteiger partial charge >= 0.3 is 6.18 Å². The van der Waals surface area contributed by atoms with Crippen molar-refractivity contribution in [2.75, 3.05) is 5.32 Å². The minimum absolute atomic E-state index is 0.0206. The summed E-state index contributed by atoms with van der Waals surface area (Å²) < 4.78 is 66.8. The zero-order chi connectivity index (χ0) is 23.8. The van der Waals surface area contributed by atoms with Crippen molar-refractivity contribution in [3.05, 3.63) is 87.5 Å². The highest BCUT2D eigenvalue weighted by atomic mass is 35.5. The van der Waals surface area contributed by atoms with Gasteiger partial charge in [-0.05, 0) is 35.9 Å². The normalized spacial score (nSPS) is 11.6. The standard InChI is InChI=1S/C21H12ClF5N4OS/c22-15-9-31(30-18(15)21(25,26)27)8-11-1-3-12(4-2-11)19(32)29-20-28-17(10-33-20)14-7-13(23)5-6-16(14)24/h1-7,9-10H,8H2,(H,28,29,32). The average Bonchev–Trinajstić information content (AvgIpc) is 3.36. The van der Waals surface area contributed by atoms with E-state index in [0.717, 1.165) is 40.4 Å². The molecular formula is C21H12ClF5N4OS. The molecule has 0 atom stereocenters. The van der Waals surface area contributed by atoms with Crippen molar-refractivity contribution in [1.82, 2.24) is 14.8 Å². The van der Waals surface area contributed by atoms with Gasteiger partial charge in [0.2, 0.25) is 0 Å². The van der Waals surface area contributed by atoms with Crippen molar-refractivity contribution in [2.24, 2.45) is 0 Å². The van der Waals surface area contributed by atoms with E-state index in [1.54, 1.807) is 12.1 Å². The highest BCUT2D eigenvalue weighted by Gasteiger charge is 2.36. The molecule has 1 N–H and O–H groups in total. The van der Waals surface area contributed by atoms with Crippen LogP contribution in [0.5, 0.6) is 0 Å². The fraction of sp³-hybridized carbons (Fsp3) is 0.0952. The summed E-state index contributed by atoms with van der Waals surface area (Å²) in [6, 6.07) is 9.10. The summed E-state index contributed by atoms with van der Waals surface area (Å²) in [6.07, 6.45) is -3.58. The third-order valence-corrected chi connectivity index (χ3v) is 5.51. The Bertz CT molecular complexity index is 1320. The number of benzene rings is 2. The van der Waals surface area contributed by atoms with E-state index in [1.165, 1.54) is 17.5 Å². The lowest BCUT2D eigenvalue weighted by Crippen LogP contribution is -2.12. The molecule has 2 aromatic carbocycles. The van der Waals surface area contributed by atoms with E-state index < -0.39 is 34.4 Å². The molecule has 0 aliphatic carbocycles. The van der Waals surface area contributed by atoms with Gasteiger partial charge in [0.1, 0.15) is 11.6 Å². The van der Waals surface area contributed by atoms with Crippen LogP contribution >= 0.6 is 22.9 Å². The molecule has 5 nitrogen and oxygen atoms in total. The molecule has 0 unspecified atom stereocenters. The van der Waals surface area contributed by atoms with Gasteiger partial charge in [-0.25, -0.2) is 13.8 Å². The number of nitrogens with one attached hydrogen (secondary N) is 1. The van der Waals surface area contributed by atoms with Crippen molar-refractivity contribution in [3.63, 3.8) is 0 Å². The maximum atomic E-state index is 13.9. The molecule has 33 heavy (non-hydrogen) atoms. The van der Waals surface area contributed by atoms with Crippen LogP contribution in [0.15, 0.2) is 54.0 Å².